The van der Waals surface area contributed by atoms with Crippen LogP contribution in [0.5, 0.6) is 0 Å². The fourth-order valence-corrected chi connectivity index (χ4v) is 6.77. The molecule has 1 aromatic heterocycles. The zero-order valence-corrected chi connectivity index (χ0v) is 22.2. The molecule has 3 aliphatic heterocycles. The minimum absolute atomic E-state index is 0.231. The Morgan fingerprint density at radius 1 is 1.05 bits per heavy atom. The number of carbonyl (C=O) groups is 4. The number of benzene rings is 3. The Hall–Kier alpha value is -5.36. The van der Waals surface area contributed by atoms with Gasteiger partial charge in [-0.3, -0.25) is 34.6 Å². The number of para-hydroxylation sites is 1. The number of H-pyrrole nitrogens is 1. The number of rotatable bonds is 5. The summed E-state index contributed by atoms with van der Waals surface area (Å²) in [5, 5.41) is 21.4. The van der Waals surface area contributed by atoms with Gasteiger partial charge < -0.3 is 15.6 Å². The first-order chi connectivity index (χ1) is 20.2. The van der Waals surface area contributed by atoms with Gasteiger partial charge in [-0.15, -0.1) is 0 Å². The summed E-state index contributed by atoms with van der Waals surface area (Å²) in [6.07, 6.45) is 2.17. The van der Waals surface area contributed by atoms with Crippen molar-refractivity contribution < 1.29 is 24.1 Å². The summed E-state index contributed by atoms with van der Waals surface area (Å²) in [7, 11) is 0. The van der Waals surface area contributed by atoms with Crippen molar-refractivity contribution in [2.75, 3.05) is 15.5 Å². The highest BCUT2D eigenvalue weighted by Gasteiger charge is 2.70. The quantitative estimate of drug-likeness (QED) is 0.164. The van der Waals surface area contributed by atoms with Gasteiger partial charge in [0.15, 0.2) is 0 Å². The average molecular weight is 565 g/mol. The number of carbonyl (C=O) groups excluding carboxylic acids is 4. The van der Waals surface area contributed by atoms with E-state index >= 15 is 0 Å². The van der Waals surface area contributed by atoms with Crippen molar-refractivity contribution in [3.05, 3.63) is 94.2 Å². The lowest BCUT2D eigenvalue weighted by atomic mass is 9.76. The fraction of sp³-hybridized carbons (Fsp3) is 0.200. The van der Waals surface area contributed by atoms with E-state index < -0.39 is 46.1 Å². The van der Waals surface area contributed by atoms with Crippen LogP contribution in [-0.2, 0) is 31.1 Å². The molecule has 0 bridgehead atoms. The largest absolute Gasteiger partial charge is 0.361 e. The van der Waals surface area contributed by atoms with Crippen LogP contribution in [0.15, 0.2) is 72.9 Å². The fourth-order valence-electron chi connectivity index (χ4n) is 6.77. The molecule has 3 aromatic carbocycles. The molecular weight excluding hydrogens is 540 g/mol. The molecule has 2 fully saturated rings. The third kappa shape index (κ3) is 3.58. The van der Waals surface area contributed by atoms with Gasteiger partial charge in [-0.2, -0.15) is 0 Å². The molecule has 210 valence electrons. The molecule has 0 saturated carbocycles. The third-order valence-electron chi connectivity index (χ3n) is 8.47. The number of amides is 4. The van der Waals surface area contributed by atoms with Gasteiger partial charge in [0.2, 0.25) is 23.6 Å². The molecule has 2 saturated heterocycles. The molecule has 4 N–H and O–H groups in total. The van der Waals surface area contributed by atoms with E-state index in [4.69, 9.17) is 0 Å². The molecule has 0 unspecified atom stereocenters. The molecule has 4 amide bonds. The van der Waals surface area contributed by atoms with Crippen molar-refractivity contribution in [3.8, 4) is 0 Å². The number of aromatic nitrogens is 1. The van der Waals surface area contributed by atoms with Crippen molar-refractivity contribution >= 4 is 57.3 Å². The van der Waals surface area contributed by atoms with Crippen molar-refractivity contribution in [2.45, 2.75) is 24.9 Å². The first-order valence-electron chi connectivity index (χ1n) is 13.4. The standard InChI is InChI=1S/C30H24N6O6/c1-15(37)32-17-6-8-18(9-7-17)35-27(38)25-24(12-16-14-31-22-5-3-2-4-20(16)22)34-30(26(25)28(35)39)21-13-19(36(41)42)10-11-23(21)33-29(30)40/h2-11,13-14,24-26,31,34H,12H2,1H3,(H,32,37)(H,33,40)/t24-,25+,26+,30-/m0/s1. The highest BCUT2D eigenvalue weighted by molar-refractivity contribution is 6.26. The minimum atomic E-state index is -1.69. The van der Waals surface area contributed by atoms with Crippen LogP contribution in [-0.4, -0.2) is 39.6 Å². The Bertz CT molecular complexity index is 1850. The van der Waals surface area contributed by atoms with Gasteiger partial charge in [-0.1, -0.05) is 18.2 Å². The van der Waals surface area contributed by atoms with Gasteiger partial charge in [-0.25, -0.2) is 4.90 Å². The Morgan fingerprint density at radius 3 is 2.55 bits per heavy atom. The molecular formula is C30H24N6O6. The van der Waals surface area contributed by atoms with E-state index in [9.17, 15) is 29.3 Å². The summed E-state index contributed by atoms with van der Waals surface area (Å²) in [5.74, 6) is -3.95. The van der Waals surface area contributed by atoms with Gasteiger partial charge in [-0.05, 0) is 48.4 Å². The summed E-state index contributed by atoms with van der Waals surface area (Å²) < 4.78 is 0. The maximum absolute atomic E-state index is 14.2. The van der Waals surface area contributed by atoms with Gasteiger partial charge in [0.25, 0.3) is 5.69 Å². The first-order valence-corrected chi connectivity index (χ1v) is 13.4. The topological polar surface area (TPSA) is 167 Å². The molecule has 7 rings (SSSR count). The summed E-state index contributed by atoms with van der Waals surface area (Å²) in [6.45, 7) is 1.37. The number of imide groups is 1. The molecule has 42 heavy (non-hydrogen) atoms. The van der Waals surface area contributed by atoms with Crippen LogP contribution in [0.3, 0.4) is 0 Å². The number of anilines is 3. The van der Waals surface area contributed by atoms with Crippen LogP contribution < -0.4 is 20.9 Å². The number of nitro groups is 1. The van der Waals surface area contributed by atoms with Crippen LogP contribution in [0.25, 0.3) is 10.9 Å². The van der Waals surface area contributed by atoms with Crippen molar-refractivity contribution in [3.63, 3.8) is 0 Å². The van der Waals surface area contributed by atoms with Crippen LogP contribution >= 0.6 is 0 Å². The van der Waals surface area contributed by atoms with Crippen LogP contribution in [0.4, 0.5) is 22.7 Å². The predicted molar refractivity (Wildman–Crippen MR) is 153 cm³/mol. The number of nitrogens with one attached hydrogen (secondary N) is 4. The predicted octanol–water partition coefficient (Wildman–Crippen LogP) is 3.20. The number of fused-ring (bicyclic) bond motifs is 5. The van der Waals surface area contributed by atoms with Crippen LogP contribution in [0, 0.1) is 22.0 Å². The summed E-state index contributed by atoms with van der Waals surface area (Å²) >= 11 is 0. The molecule has 4 aromatic rings. The lowest BCUT2D eigenvalue weighted by Gasteiger charge is -2.29. The summed E-state index contributed by atoms with van der Waals surface area (Å²) in [5.41, 5.74) is 1.29. The number of hydrogen-bond acceptors (Lipinski definition) is 7. The second-order valence-corrected chi connectivity index (χ2v) is 10.8. The van der Waals surface area contributed by atoms with E-state index in [-0.39, 0.29) is 17.2 Å². The molecule has 12 heteroatoms. The molecule has 4 atom stereocenters. The molecule has 4 heterocycles. The van der Waals surface area contributed by atoms with E-state index in [1.807, 2.05) is 30.5 Å². The number of nitrogens with zero attached hydrogens (tertiary/aromatic N) is 2. The Balaban J connectivity index is 1.35. The lowest BCUT2D eigenvalue weighted by molar-refractivity contribution is -0.384. The van der Waals surface area contributed by atoms with E-state index in [0.717, 1.165) is 21.4 Å². The molecule has 3 aliphatic rings. The SMILES string of the molecule is CC(=O)Nc1ccc(N2C(=O)[C@@H]3[C@H](Cc4c[nH]c5ccccc45)N[C@]4(C(=O)Nc5ccc([N+](=O)[O-])cc54)[C@H]3C2=O)cc1. The Labute approximate surface area is 238 Å². The van der Waals surface area contributed by atoms with Crippen LogP contribution in [0.2, 0.25) is 0 Å². The average Bonchev–Trinajstić information content (AvgIpc) is 3.67. The minimum Gasteiger partial charge on any atom is -0.361 e. The van der Waals surface area contributed by atoms with Gasteiger partial charge in [0.1, 0.15) is 5.54 Å². The van der Waals surface area contributed by atoms with E-state index in [0.29, 0.717) is 23.5 Å². The van der Waals surface area contributed by atoms with Gasteiger partial charge in [0.05, 0.1) is 22.4 Å². The number of non-ortho nitro benzene ring substituents is 1. The molecule has 0 aliphatic carbocycles. The number of nitro benzene ring substituents is 1. The zero-order chi connectivity index (χ0) is 29.3. The summed E-state index contributed by atoms with van der Waals surface area (Å²) in [4.78, 5) is 69.1. The number of hydrogen-bond donors (Lipinski definition) is 4. The Morgan fingerprint density at radius 2 is 1.81 bits per heavy atom. The normalized spacial score (nSPS) is 24.3. The Kier molecular flexibility index (Phi) is 5.53. The van der Waals surface area contributed by atoms with Gasteiger partial charge >= 0.3 is 0 Å². The third-order valence-corrected chi connectivity index (χ3v) is 8.47. The second kappa shape index (κ2) is 9.08. The maximum atomic E-state index is 14.2. The van der Waals surface area contributed by atoms with Crippen molar-refractivity contribution in [2.24, 2.45) is 11.8 Å². The zero-order valence-electron chi connectivity index (χ0n) is 22.2. The molecule has 0 radical (unpaired) electrons. The molecule has 1 spiro atoms. The van der Waals surface area contributed by atoms with E-state index in [2.05, 4.69) is 20.9 Å². The van der Waals surface area contributed by atoms with E-state index in [1.165, 1.54) is 25.1 Å². The van der Waals surface area contributed by atoms with Crippen molar-refractivity contribution in [1.29, 1.82) is 0 Å². The smallest absolute Gasteiger partial charge is 0.269 e. The monoisotopic (exact) mass is 564 g/mol. The lowest BCUT2D eigenvalue weighted by Crippen LogP contribution is -2.53. The van der Waals surface area contributed by atoms with Gasteiger partial charge in [0, 0.05) is 59.1 Å². The summed E-state index contributed by atoms with van der Waals surface area (Å²) in [6, 6.07) is 17.4. The van der Waals surface area contributed by atoms with E-state index in [1.54, 1.807) is 24.3 Å². The van der Waals surface area contributed by atoms with Crippen LogP contribution in [0.1, 0.15) is 18.1 Å². The van der Waals surface area contributed by atoms with Crippen molar-refractivity contribution in [1.82, 2.24) is 10.3 Å². The highest BCUT2D eigenvalue weighted by Crippen LogP contribution is 2.54. The highest BCUT2D eigenvalue weighted by atomic mass is 16.6. The number of aromatic amines is 1. The second-order valence-electron chi connectivity index (χ2n) is 10.8. The first kappa shape index (κ1) is 25.6. The molecule has 12 nitrogen and oxygen atoms in total. The maximum Gasteiger partial charge on any atom is 0.269 e.